The second-order valence-corrected chi connectivity index (χ2v) is 4.68. The third-order valence-electron chi connectivity index (χ3n) is 2.40. The predicted molar refractivity (Wildman–Crippen MR) is 63.7 cm³/mol. The molecule has 2 atom stereocenters. The van der Waals surface area contributed by atoms with Crippen LogP contribution in [0, 0.1) is 5.92 Å². The lowest BCUT2D eigenvalue weighted by molar-refractivity contribution is -0.141. The molecule has 0 saturated carbocycles. The van der Waals surface area contributed by atoms with Gasteiger partial charge in [0, 0.05) is 17.1 Å². The van der Waals surface area contributed by atoms with Crippen molar-refractivity contribution in [1.82, 2.24) is 15.6 Å². The van der Waals surface area contributed by atoms with Gasteiger partial charge in [0.15, 0.2) is 0 Å². The summed E-state index contributed by atoms with van der Waals surface area (Å²) in [6.07, 6.45) is 1.67. The molecule has 6 nitrogen and oxygen atoms in total. The molecule has 0 fully saturated rings. The maximum absolute atomic E-state index is 11.4. The van der Waals surface area contributed by atoms with Crippen LogP contribution in [-0.2, 0) is 11.3 Å². The molecule has 0 aromatic carbocycles. The van der Waals surface area contributed by atoms with Gasteiger partial charge in [-0.3, -0.25) is 9.78 Å². The van der Waals surface area contributed by atoms with Gasteiger partial charge < -0.3 is 15.7 Å². The fraction of sp³-hybridized carbons (Fsp3) is 0.500. The number of amides is 2. The highest BCUT2D eigenvalue weighted by molar-refractivity contribution is 7.09. The zero-order valence-corrected chi connectivity index (χ0v) is 10.5. The first-order valence-corrected chi connectivity index (χ1v) is 6.03. The van der Waals surface area contributed by atoms with Crippen LogP contribution in [0.2, 0.25) is 0 Å². The number of aliphatic carboxylic acids is 1. The molecular weight excluding hydrogens is 242 g/mol. The summed E-state index contributed by atoms with van der Waals surface area (Å²) in [4.78, 5) is 27.0. The van der Waals surface area contributed by atoms with E-state index in [0.717, 1.165) is 4.88 Å². The highest BCUT2D eigenvalue weighted by Gasteiger charge is 2.20. The molecule has 94 valence electrons. The number of carbonyl (C=O) groups is 2. The summed E-state index contributed by atoms with van der Waals surface area (Å²) >= 11 is 1.45. The van der Waals surface area contributed by atoms with Crippen molar-refractivity contribution in [2.45, 2.75) is 26.4 Å². The van der Waals surface area contributed by atoms with Crippen LogP contribution in [-0.4, -0.2) is 28.1 Å². The standard InChI is InChI=1S/C10H15N3O3S/c1-6(9(14)15)7(2)13-10(16)12-4-8-3-11-5-17-8/h3,5-7H,4H2,1-2H3,(H,14,15)(H2,12,13,16). The van der Waals surface area contributed by atoms with Gasteiger partial charge in [-0.15, -0.1) is 11.3 Å². The first-order valence-electron chi connectivity index (χ1n) is 5.15. The van der Waals surface area contributed by atoms with Crippen LogP contribution in [0.15, 0.2) is 11.7 Å². The minimum Gasteiger partial charge on any atom is -0.481 e. The summed E-state index contributed by atoms with van der Waals surface area (Å²) in [6, 6.07) is -0.798. The van der Waals surface area contributed by atoms with Crippen LogP contribution in [0.5, 0.6) is 0 Å². The Morgan fingerprint density at radius 1 is 1.53 bits per heavy atom. The van der Waals surface area contributed by atoms with Gasteiger partial charge in [-0.2, -0.15) is 0 Å². The molecule has 3 N–H and O–H groups in total. The minimum absolute atomic E-state index is 0.376. The Hall–Kier alpha value is -1.63. The SMILES string of the molecule is CC(NC(=O)NCc1cncs1)C(C)C(=O)O. The zero-order valence-electron chi connectivity index (χ0n) is 9.64. The molecule has 0 saturated heterocycles. The van der Waals surface area contributed by atoms with E-state index in [9.17, 15) is 9.59 Å². The molecular formula is C10H15N3O3S. The normalized spacial score (nSPS) is 13.8. The average Bonchev–Trinajstić information content (AvgIpc) is 2.77. The van der Waals surface area contributed by atoms with Crippen molar-refractivity contribution >= 4 is 23.3 Å². The molecule has 1 aromatic heterocycles. The number of urea groups is 1. The van der Waals surface area contributed by atoms with Crippen molar-refractivity contribution in [3.8, 4) is 0 Å². The number of aromatic nitrogens is 1. The maximum Gasteiger partial charge on any atom is 0.315 e. The Labute approximate surface area is 103 Å². The summed E-state index contributed by atoms with van der Waals surface area (Å²) in [6.45, 7) is 3.60. The van der Waals surface area contributed by atoms with Crippen LogP contribution in [0.1, 0.15) is 18.7 Å². The monoisotopic (exact) mass is 257 g/mol. The topological polar surface area (TPSA) is 91.3 Å². The van der Waals surface area contributed by atoms with Gasteiger partial charge in [-0.25, -0.2) is 4.79 Å². The van der Waals surface area contributed by atoms with E-state index in [1.165, 1.54) is 11.3 Å². The number of carboxylic acid groups (broad SMARTS) is 1. The molecule has 1 rings (SSSR count). The molecule has 0 aliphatic rings. The second-order valence-electron chi connectivity index (χ2n) is 3.71. The number of thiazole rings is 1. The number of hydrogen-bond donors (Lipinski definition) is 3. The fourth-order valence-electron chi connectivity index (χ4n) is 1.09. The van der Waals surface area contributed by atoms with Gasteiger partial charge in [-0.1, -0.05) is 0 Å². The van der Waals surface area contributed by atoms with Crippen LogP contribution in [0.3, 0.4) is 0 Å². The Kier molecular flexibility index (Phi) is 4.89. The number of nitrogens with one attached hydrogen (secondary N) is 2. The van der Waals surface area contributed by atoms with Crippen LogP contribution in [0.25, 0.3) is 0 Å². The summed E-state index contributed by atoms with van der Waals surface area (Å²) in [5.41, 5.74) is 1.68. The van der Waals surface area contributed by atoms with E-state index < -0.39 is 17.9 Å². The zero-order chi connectivity index (χ0) is 12.8. The second kappa shape index (κ2) is 6.19. The molecule has 0 bridgehead atoms. The van der Waals surface area contributed by atoms with Crippen molar-refractivity contribution in [3.05, 3.63) is 16.6 Å². The molecule has 0 aliphatic carbocycles. The van der Waals surface area contributed by atoms with Gasteiger partial charge in [0.2, 0.25) is 0 Å². The Balaban J connectivity index is 2.32. The smallest absolute Gasteiger partial charge is 0.315 e. The fourth-order valence-corrected chi connectivity index (χ4v) is 1.63. The van der Waals surface area contributed by atoms with Crippen molar-refractivity contribution in [2.24, 2.45) is 5.92 Å². The summed E-state index contributed by atoms with van der Waals surface area (Å²) in [5.74, 6) is -1.55. The van der Waals surface area contributed by atoms with Crippen LogP contribution in [0.4, 0.5) is 4.79 Å². The van der Waals surface area contributed by atoms with Gasteiger partial charge in [0.1, 0.15) is 0 Å². The quantitative estimate of drug-likeness (QED) is 0.735. The Morgan fingerprint density at radius 2 is 2.24 bits per heavy atom. The van der Waals surface area contributed by atoms with Crippen LogP contribution >= 0.6 is 11.3 Å². The third kappa shape index (κ3) is 4.39. The van der Waals surface area contributed by atoms with E-state index in [-0.39, 0.29) is 6.03 Å². The molecule has 1 aromatic rings. The Morgan fingerprint density at radius 3 is 2.76 bits per heavy atom. The lowest BCUT2D eigenvalue weighted by atomic mass is 10.0. The van der Waals surface area contributed by atoms with E-state index >= 15 is 0 Å². The molecule has 1 heterocycles. The average molecular weight is 257 g/mol. The summed E-state index contributed by atoms with van der Waals surface area (Å²) in [5, 5.41) is 14.0. The number of rotatable bonds is 5. The maximum atomic E-state index is 11.4. The minimum atomic E-state index is -0.930. The first kappa shape index (κ1) is 13.4. The third-order valence-corrected chi connectivity index (χ3v) is 3.18. The number of hydrogen-bond acceptors (Lipinski definition) is 4. The first-order chi connectivity index (χ1) is 8.00. The lowest BCUT2D eigenvalue weighted by Crippen LogP contribution is -2.44. The summed E-state index contributed by atoms with van der Waals surface area (Å²) in [7, 11) is 0. The predicted octanol–water partition coefficient (Wildman–Crippen LogP) is 1.05. The van der Waals surface area contributed by atoms with Crippen molar-refractivity contribution in [1.29, 1.82) is 0 Å². The molecule has 2 unspecified atom stereocenters. The van der Waals surface area contributed by atoms with Crippen LogP contribution < -0.4 is 10.6 Å². The van der Waals surface area contributed by atoms with Crippen molar-refractivity contribution < 1.29 is 14.7 Å². The molecule has 2 amide bonds. The van der Waals surface area contributed by atoms with E-state index in [0.29, 0.717) is 6.54 Å². The van der Waals surface area contributed by atoms with E-state index in [1.807, 2.05) is 0 Å². The number of carbonyl (C=O) groups excluding carboxylic acids is 1. The van der Waals surface area contributed by atoms with Gasteiger partial charge in [-0.05, 0) is 13.8 Å². The lowest BCUT2D eigenvalue weighted by Gasteiger charge is -2.17. The van der Waals surface area contributed by atoms with Crippen molar-refractivity contribution in [3.63, 3.8) is 0 Å². The molecule has 0 radical (unpaired) electrons. The van der Waals surface area contributed by atoms with Gasteiger partial charge in [0.05, 0.1) is 18.0 Å². The largest absolute Gasteiger partial charge is 0.481 e. The van der Waals surface area contributed by atoms with E-state index in [4.69, 9.17) is 5.11 Å². The number of nitrogens with zero attached hydrogens (tertiary/aromatic N) is 1. The van der Waals surface area contributed by atoms with E-state index in [2.05, 4.69) is 15.6 Å². The highest BCUT2D eigenvalue weighted by Crippen LogP contribution is 2.05. The molecule has 7 heteroatoms. The molecule has 0 aliphatic heterocycles. The number of carboxylic acids is 1. The Bertz CT molecular complexity index is 380. The highest BCUT2D eigenvalue weighted by atomic mass is 32.1. The molecule has 17 heavy (non-hydrogen) atoms. The van der Waals surface area contributed by atoms with Gasteiger partial charge >= 0.3 is 12.0 Å². The summed E-state index contributed by atoms with van der Waals surface area (Å²) < 4.78 is 0. The van der Waals surface area contributed by atoms with E-state index in [1.54, 1.807) is 25.6 Å². The van der Waals surface area contributed by atoms with Crippen molar-refractivity contribution in [2.75, 3.05) is 0 Å². The molecule has 0 spiro atoms. The van der Waals surface area contributed by atoms with Gasteiger partial charge in [0.25, 0.3) is 0 Å².